The highest BCUT2D eigenvalue weighted by Crippen LogP contribution is 2.10. The first-order chi connectivity index (χ1) is 7.58. The van der Waals surface area contributed by atoms with E-state index in [0.717, 1.165) is 6.07 Å². The fraction of sp³-hybridized carbons (Fsp3) is 0.0909. The molecule has 0 radical (unpaired) electrons. The van der Waals surface area contributed by atoms with Gasteiger partial charge in [-0.3, -0.25) is 9.59 Å². The van der Waals surface area contributed by atoms with Crippen molar-refractivity contribution in [3.05, 3.63) is 46.0 Å². The number of pyridine rings is 1. The molecule has 0 bridgehead atoms. The second kappa shape index (κ2) is 3.77. The van der Waals surface area contributed by atoms with Crippen LogP contribution < -0.4 is 5.43 Å². The molecule has 0 aliphatic carbocycles. The zero-order valence-electron chi connectivity index (χ0n) is 8.16. The van der Waals surface area contributed by atoms with Gasteiger partial charge in [0, 0.05) is 22.7 Å². The predicted molar refractivity (Wildman–Crippen MR) is 55.9 cm³/mol. The number of carbonyl (C=O) groups is 1. The average Bonchev–Trinajstić information content (AvgIpc) is 2.22. The van der Waals surface area contributed by atoms with Gasteiger partial charge in [0.05, 0.1) is 6.42 Å². The fourth-order valence-electron chi connectivity index (χ4n) is 1.53. The molecular formula is C11H8FNO3. The molecule has 1 heterocycles. The molecule has 5 heteroatoms. The van der Waals surface area contributed by atoms with Gasteiger partial charge in [-0.05, 0) is 18.2 Å². The van der Waals surface area contributed by atoms with Gasteiger partial charge in [-0.25, -0.2) is 4.39 Å². The van der Waals surface area contributed by atoms with Gasteiger partial charge in [0.1, 0.15) is 5.82 Å². The molecule has 82 valence electrons. The number of halogens is 1. The minimum atomic E-state index is -1.10. The van der Waals surface area contributed by atoms with Gasteiger partial charge in [-0.2, -0.15) is 0 Å². The van der Waals surface area contributed by atoms with Gasteiger partial charge in [0.15, 0.2) is 5.43 Å². The average molecular weight is 221 g/mol. The number of rotatable bonds is 2. The Morgan fingerprint density at radius 1 is 1.44 bits per heavy atom. The molecular weight excluding hydrogens is 213 g/mol. The van der Waals surface area contributed by atoms with Gasteiger partial charge >= 0.3 is 5.97 Å². The smallest absolute Gasteiger partial charge is 0.308 e. The summed E-state index contributed by atoms with van der Waals surface area (Å²) in [4.78, 5) is 25.0. The van der Waals surface area contributed by atoms with E-state index in [-0.39, 0.29) is 17.4 Å². The predicted octanol–water partition coefficient (Wildman–Crippen LogP) is 1.29. The Kier molecular flexibility index (Phi) is 2.44. The summed E-state index contributed by atoms with van der Waals surface area (Å²) < 4.78 is 12.9. The van der Waals surface area contributed by atoms with E-state index in [2.05, 4.69) is 4.98 Å². The summed E-state index contributed by atoms with van der Waals surface area (Å²) in [6, 6.07) is 3.77. The zero-order valence-corrected chi connectivity index (χ0v) is 8.16. The van der Waals surface area contributed by atoms with Crippen LogP contribution >= 0.6 is 0 Å². The number of aliphatic carboxylic acids is 1. The van der Waals surface area contributed by atoms with Gasteiger partial charge < -0.3 is 10.1 Å². The quantitative estimate of drug-likeness (QED) is 0.802. The second-order valence-corrected chi connectivity index (χ2v) is 3.40. The molecule has 0 aliphatic rings. The number of aromatic nitrogens is 1. The van der Waals surface area contributed by atoms with Crippen LogP contribution in [-0.2, 0) is 11.2 Å². The number of H-pyrrole nitrogens is 1. The van der Waals surface area contributed by atoms with Gasteiger partial charge in [-0.1, -0.05) is 0 Å². The molecule has 0 saturated carbocycles. The molecule has 16 heavy (non-hydrogen) atoms. The summed E-state index contributed by atoms with van der Waals surface area (Å²) in [5.41, 5.74) is 0.154. The summed E-state index contributed by atoms with van der Waals surface area (Å²) in [6.45, 7) is 0. The highest BCUT2D eigenvalue weighted by molar-refractivity contribution is 5.80. The first-order valence-electron chi connectivity index (χ1n) is 4.59. The van der Waals surface area contributed by atoms with Crippen LogP contribution in [0.4, 0.5) is 4.39 Å². The van der Waals surface area contributed by atoms with E-state index in [1.54, 1.807) is 0 Å². The molecule has 0 fully saturated rings. The third-order valence-electron chi connectivity index (χ3n) is 2.26. The molecule has 1 aromatic carbocycles. The molecule has 0 aliphatic heterocycles. The highest BCUT2D eigenvalue weighted by atomic mass is 19.1. The van der Waals surface area contributed by atoms with Crippen molar-refractivity contribution in [1.29, 1.82) is 0 Å². The van der Waals surface area contributed by atoms with Gasteiger partial charge in [0.2, 0.25) is 0 Å². The van der Waals surface area contributed by atoms with E-state index < -0.39 is 17.2 Å². The summed E-state index contributed by atoms with van der Waals surface area (Å²) in [5.74, 6) is -1.62. The Morgan fingerprint density at radius 3 is 2.88 bits per heavy atom. The number of aromatic amines is 1. The maximum absolute atomic E-state index is 12.9. The third kappa shape index (κ3) is 1.79. The second-order valence-electron chi connectivity index (χ2n) is 3.40. The van der Waals surface area contributed by atoms with Crippen LogP contribution in [0.25, 0.3) is 10.9 Å². The van der Waals surface area contributed by atoms with E-state index in [4.69, 9.17) is 5.11 Å². The summed E-state index contributed by atoms with van der Waals surface area (Å²) in [6.07, 6.45) is 0.971. The van der Waals surface area contributed by atoms with Gasteiger partial charge in [0.25, 0.3) is 0 Å². The monoisotopic (exact) mass is 221 g/mol. The molecule has 2 aromatic rings. The molecule has 2 N–H and O–H groups in total. The molecule has 0 spiro atoms. The van der Waals surface area contributed by atoms with Crippen molar-refractivity contribution in [1.82, 2.24) is 4.98 Å². The number of carboxylic acid groups (broad SMARTS) is 1. The topological polar surface area (TPSA) is 70.2 Å². The van der Waals surface area contributed by atoms with Crippen LogP contribution in [0.5, 0.6) is 0 Å². The molecule has 0 amide bonds. The molecule has 0 saturated heterocycles. The number of hydrogen-bond acceptors (Lipinski definition) is 2. The number of hydrogen-bond donors (Lipinski definition) is 2. The lowest BCUT2D eigenvalue weighted by molar-refractivity contribution is -0.136. The van der Waals surface area contributed by atoms with Gasteiger partial charge in [-0.15, -0.1) is 0 Å². The highest BCUT2D eigenvalue weighted by Gasteiger charge is 2.08. The van der Waals surface area contributed by atoms with E-state index in [1.807, 2.05) is 0 Å². The SMILES string of the molecule is O=C(O)Cc1c[nH]c2ccc(F)cc2c1=O. The molecule has 0 atom stereocenters. The lowest BCUT2D eigenvalue weighted by Crippen LogP contribution is -2.14. The largest absolute Gasteiger partial charge is 0.481 e. The molecule has 1 aromatic heterocycles. The van der Waals surface area contributed by atoms with E-state index in [9.17, 15) is 14.0 Å². The van der Waals surface area contributed by atoms with Crippen LogP contribution in [0.2, 0.25) is 0 Å². The zero-order chi connectivity index (χ0) is 11.7. The van der Waals surface area contributed by atoms with Crippen molar-refractivity contribution in [2.24, 2.45) is 0 Å². The lowest BCUT2D eigenvalue weighted by Gasteiger charge is -2.01. The maximum Gasteiger partial charge on any atom is 0.308 e. The van der Waals surface area contributed by atoms with Crippen LogP contribution in [0.15, 0.2) is 29.2 Å². The molecule has 0 unspecified atom stereocenters. The summed E-state index contributed by atoms with van der Waals surface area (Å²) >= 11 is 0. The Bertz CT molecular complexity index is 618. The van der Waals surface area contributed by atoms with Crippen molar-refractivity contribution in [2.75, 3.05) is 0 Å². The van der Waals surface area contributed by atoms with Crippen molar-refractivity contribution in [2.45, 2.75) is 6.42 Å². The van der Waals surface area contributed by atoms with Crippen LogP contribution in [-0.4, -0.2) is 16.1 Å². The first kappa shape index (κ1) is 10.4. The fourth-order valence-corrected chi connectivity index (χ4v) is 1.53. The minimum absolute atomic E-state index is 0.116. The number of benzene rings is 1. The van der Waals surface area contributed by atoms with Crippen molar-refractivity contribution in [3.8, 4) is 0 Å². The van der Waals surface area contributed by atoms with Crippen LogP contribution in [0.3, 0.4) is 0 Å². The molecule has 2 rings (SSSR count). The Labute approximate surface area is 89.3 Å². The van der Waals surface area contributed by atoms with Crippen LogP contribution in [0.1, 0.15) is 5.56 Å². The van der Waals surface area contributed by atoms with E-state index >= 15 is 0 Å². The van der Waals surface area contributed by atoms with E-state index in [1.165, 1.54) is 18.3 Å². The van der Waals surface area contributed by atoms with E-state index in [0.29, 0.717) is 5.52 Å². The van der Waals surface area contributed by atoms with Crippen molar-refractivity contribution in [3.63, 3.8) is 0 Å². The maximum atomic E-state index is 12.9. The Hall–Kier alpha value is -2.17. The normalized spacial score (nSPS) is 10.6. The Balaban J connectivity index is 2.68. The Morgan fingerprint density at radius 2 is 2.19 bits per heavy atom. The molecule has 4 nitrogen and oxygen atoms in total. The minimum Gasteiger partial charge on any atom is -0.481 e. The number of carboxylic acids is 1. The number of nitrogens with one attached hydrogen (secondary N) is 1. The van der Waals surface area contributed by atoms with Crippen molar-refractivity contribution >= 4 is 16.9 Å². The number of fused-ring (bicyclic) bond motifs is 1. The summed E-state index contributed by atoms with van der Waals surface area (Å²) in [7, 11) is 0. The third-order valence-corrected chi connectivity index (χ3v) is 2.26. The standard InChI is InChI=1S/C11H8FNO3/c12-7-1-2-9-8(4-7)11(16)6(5-13-9)3-10(14)15/h1-2,4-5H,3H2,(H,13,16)(H,14,15). The first-order valence-corrected chi connectivity index (χ1v) is 4.59. The lowest BCUT2D eigenvalue weighted by atomic mass is 10.1. The summed E-state index contributed by atoms with van der Waals surface area (Å²) in [5, 5.41) is 8.76. The van der Waals surface area contributed by atoms with Crippen molar-refractivity contribution < 1.29 is 14.3 Å². The van der Waals surface area contributed by atoms with Crippen LogP contribution in [0, 0.1) is 5.82 Å².